The van der Waals surface area contributed by atoms with Gasteiger partial charge in [-0.25, -0.2) is 4.39 Å². The highest BCUT2D eigenvalue weighted by atomic mass is 79.9. The van der Waals surface area contributed by atoms with E-state index < -0.39 is 23.6 Å². The zero-order valence-electron chi connectivity index (χ0n) is 10.7. The van der Waals surface area contributed by atoms with E-state index in [0.29, 0.717) is 16.1 Å². The first-order chi connectivity index (χ1) is 9.77. The van der Waals surface area contributed by atoms with E-state index in [1.54, 1.807) is 12.3 Å². The molecule has 0 bridgehead atoms. The van der Waals surface area contributed by atoms with Gasteiger partial charge in [-0.15, -0.1) is 0 Å². The largest absolute Gasteiger partial charge is 0.416 e. The predicted molar refractivity (Wildman–Crippen MR) is 74.0 cm³/mol. The predicted octanol–water partition coefficient (Wildman–Crippen LogP) is 4.24. The van der Waals surface area contributed by atoms with Crippen molar-refractivity contribution in [3.05, 3.63) is 63.6 Å². The van der Waals surface area contributed by atoms with Crippen LogP contribution in [0.3, 0.4) is 0 Å². The summed E-state index contributed by atoms with van der Waals surface area (Å²) in [5.74, 6) is -0.749. The van der Waals surface area contributed by atoms with E-state index in [1.165, 1.54) is 6.20 Å². The van der Waals surface area contributed by atoms with Crippen LogP contribution < -0.4 is 5.73 Å². The van der Waals surface area contributed by atoms with Gasteiger partial charge in [0.05, 0.1) is 5.56 Å². The second kappa shape index (κ2) is 6.11. The Labute approximate surface area is 127 Å². The first-order valence-corrected chi connectivity index (χ1v) is 6.78. The molecule has 0 radical (unpaired) electrons. The normalized spacial score (nSPS) is 13.2. The first kappa shape index (κ1) is 15.9. The molecule has 1 aromatic carbocycles. The summed E-state index contributed by atoms with van der Waals surface area (Å²) in [4.78, 5) is 3.92. The molecule has 112 valence electrons. The van der Waals surface area contributed by atoms with Gasteiger partial charge in [0.25, 0.3) is 0 Å². The number of hydrogen-bond acceptors (Lipinski definition) is 2. The van der Waals surface area contributed by atoms with Gasteiger partial charge in [0.1, 0.15) is 5.82 Å². The van der Waals surface area contributed by atoms with Crippen LogP contribution in [-0.4, -0.2) is 4.98 Å². The van der Waals surface area contributed by atoms with Crippen molar-refractivity contribution in [1.29, 1.82) is 0 Å². The summed E-state index contributed by atoms with van der Waals surface area (Å²) in [7, 11) is 0. The van der Waals surface area contributed by atoms with Crippen LogP contribution in [0, 0.1) is 5.82 Å². The molecule has 0 spiro atoms. The van der Waals surface area contributed by atoms with Gasteiger partial charge in [-0.05, 0) is 57.7 Å². The third-order valence-corrected chi connectivity index (χ3v) is 3.37. The number of rotatable bonds is 3. The molecular formula is C14H11BrF4N2. The van der Waals surface area contributed by atoms with Gasteiger partial charge in [-0.2, -0.15) is 13.2 Å². The Balaban J connectivity index is 2.34. The second-order valence-corrected chi connectivity index (χ2v) is 5.47. The maximum atomic E-state index is 13.3. The van der Waals surface area contributed by atoms with Crippen molar-refractivity contribution in [2.24, 2.45) is 5.73 Å². The zero-order chi connectivity index (χ0) is 15.6. The summed E-state index contributed by atoms with van der Waals surface area (Å²) in [5.41, 5.74) is 5.32. The molecule has 0 aliphatic rings. The third-order valence-electron chi connectivity index (χ3n) is 2.94. The molecule has 0 aliphatic carbocycles. The molecular weight excluding hydrogens is 352 g/mol. The van der Waals surface area contributed by atoms with Gasteiger partial charge in [0, 0.05) is 22.9 Å². The van der Waals surface area contributed by atoms with E-state index in [9.17, 15) is 17.6 Å². The summed E-state index contributed by atoms with van der Waals surface area (Å²) in [5, 5.41) is 0. The number of alkyl halides is 3. The summed E-state index contributed by atoms with van der Waals surface area (Å²) < 4.78 is 52.8. The Bertz CT molecular complexity index is 643. The number of benzene rings is 1. The van der Waals surface area contributed by atoms with E-state index in [2.05, 4.69) is 20.9 Å². The van der Waals surface area contributed by atoms with Crippen LogP contribution in [0.4, 0.5) is 17.6 Å². The molecule has 1 heterocycles. The lowest BCUT2D eigenvalue weighted by Gasteiger charge is -2.18. The molecule has 2 aromatic rings. The van der Waals surface area contributed by atoms with Crippen molar-refractivity contribution in [3.63, 3.8) is 0 Å². The van der Waals surface area contributed by atoms with E-state index in [-0.39, 0.29) is 12.0 Å². The van der Waals surface area contributed by atoms with E-state index >= 15 is 0 Å². The lowest BCUT2D eigenvalue weighted by Crippen LogP contribution is -2.19. The zero-order valence-corrected chi connectivity index (χ0v) is 12.2. The average Bonchev–Trinajstić information content (AvgIpc) is 2.37. The van der Waals surface area contributed by atoms with Crippen LogP contribution in [0.1, 0.15) is 22.7 Å². The molecule has 0 amide bonds. The minimum absolute atomic E-state index is 0.124. The number of pyridine rings is 1. The smallest absolute Gasteiger partial charge is 0.324 e. The first-order valence-electron chi connectivity index (χ1n) is 5.99. The third kappa shape index (κ3) is 4.01. The second-order valence-electron chi connectivity index (χ2n) is 4.55. The quantitative estimate of drug-likeness (QED) is 0.829. The van der Waals surface area contributed by atoms with Gasteiger partial charge in [0.15, 0.2) is 0 Å². The molecule has 1 unspecified atom stereocenters. The molecule has 0 fully saturated rings. The average molecular weight is 363 g/mol. The van der Waals surface area contributed by atoms with Gasteiger partial charge < -0.3 is 5.73 Å². The van der Waals surface area contributed by atoms with Crippen LogP contribution in [0.5, 0.6) is 0 Å². The molecule has 7 heteroatoms. The van der Waals surface area contributed by atoms with Crippen molar-refractivity contribution < 1.29 is 17.6 Å². The summed E-state index contributed by atoms with van der Waals surface area (Å²) in [6.45, 7) is 0. The molecule has 0 aliphatic heterocycles. The number of aromatic nitrogens is 1. The van der Waals surface area contributed by atoms with E-state index in [0.717, 1.165) is 12.1 Å². The van der Waals surface area contributed by atoms with Gasteiger partial charge in [-0.1, -0.05) is 0 Å². The minimum Gasteiger partial charge on any atom is -0.324 e. The Morgan fingerprint density at radius 1 is 1.19 bits per heavy atom. The van der Waals surface area contributed by atoms with Gasteiger partial charge in [-0.3, -0.25) is 4.98 Å². The number of halogens is 5. The van der Waals surface area contributed by atoms with Crippen LogP contribution in [-0.2, 0) is 12.6 Å². The maximum absolute atomic E-state index is 13.3. The highest BCUT2D eigenvalue weighted by molar-refractivity contribution is 9.10. The Hall–Kier alpha value is -1.47. The number of nitrogens with zero attached hydrogens (tertiary/aromatic N) is 1. The lowest BCUT2D eigenvalue weighted by atomic mass is 9.95. The van der Waals surface area contributed by atoms with Crippen LogP contribution in [0.2, 0.25) is 0 Å². The fourth-order valence-electron chi connectivity index (χ4n) is 2.03. The van der Waals surface area contributed by atoms with Crippen LogP contribution in [0.25, 0.3) is 0 Å². The number of hydrogen-bond donors (Lipinski definition) is 1. The SMILES string of the molecule is NC(Cc1cncc(Br)c1)c1cc(F)ccc1C(F)(F)F. The fourth-order valence-corrected chi connectivity index (χ4v) is 2.44. The molecule has 1 atom stereocenters. The van der Waals surface area contributed by atoms with Crippen molar-refractivity contribution in [3.8, 4) is 0 Å². The Kier molecular flexibility index (Phi) is 4.63. The monoisotopic (exact) mass is 362 g/mol. The van der Waals surface area contributed by atoms with E-state index in [4.69, 9.17) is 5.73 Å². The molecule has 0 saturated carbocycles. The van der Waals surface area contributed by atoms with Gasteiger partial charge >= 0.3 is 6.18 Å². The van der Waals surface area contributed by atoms with Crippen molar-refractivity contribution in [2.45, 2.75) is 18.6 Å². The Morgan fingerprint density at radius 2 is 1.90 bits per heavy atom. The molecule has 1 aromatic heterocycles. The lowest BCUT2D eigenvalue weighted by molar-refractivity contribution is -0.138. The van der Waals surface area contributed by atoms with Crippen LogP contribution in [0.15, 0.2) is 41.1 Å². The minimum atomic E-state index is -4.57. The number of nitrogens with two attached hydrogens (primary N) is 1. The fraction of sp³-hybridized carbons (Fsp3) is 0.214. The molecule has 2 rings (SSSR count). The highest BCUT2D eigenvalue weighted by Crippen LogP contribution is 2.35. The maximum Gasteiger partial charge on any atom is 0.416 e. The van der Waals surface area contributed by atoms with Gasteiger partial charge in [0.2, 0.25) is 0 Å². The summed E-state index contributed by atoms with van der Waals surface area (Å²) in [6, 6.07) is 3.05. The molecule has 0 saturated heterocycles. The molecule has 2 nitrogen and oxygen atoms in total. The standard InChI is InChI=1S/C14H11BrF4N2/c15-9-3-8(6-21-7-9)4-13(20)11-5-10(16)1-2-12(11)14(17,18)19/h1-3,5-7,13H,4,20H2. The molecule has 2 N–H and O–H groups in total. The van der Waals surface area contributed by atoms with E-state index in [1.807, 2.05) is 0 Å². The molecule has 21 heavy (non-hydrogen) atoms. The summed E-state index contributed by atoms with van der Waals surface area (Å²) in [6.07, 6.45) is -1.38. The van der Waals surface area contributed by atoms with Crippen molar-refractivity contribution in [1.82, 2.24) is 4.98 Å². The summed E-state index contributed by atoms with van der Waals surface area (Å²) >= 11 is 3.22. The van der Waals surface area contributed by atoms with Crippen LogP contribution >= 0.6 is 15.9 Å². The Morgan fingerprint density at radius 3 is 2.52 bits per heavy atom. The van der Waals surface area contributed by atoms with Crippen molar-refractivity contribution in [2.75, 3.05) is 0 Å². The van der Waals surface area contributed by atoms with Crippen molar-refractivity contribution >= 4 is 15.9 Å². The topological polar surface area (TPSA) is 38.9 Å². The highest BCUT2D eigenvalue weighted by Gasteiger charge is 2.34.